The predicted molar refractivity (Wildman–Crippen MR) is 120 cm³/mol. The van der Waals surface area contributed by atoms with E-state index < -0.39 is 65.6 Å². The van der Waals surface area contributed by atoms with Crippen molar-refractivity contribution in [3.63, 3.8) is 0 Å². The predicted octanol–water partition coefficient (Wildman–Crippen LogP) is -0.227. The van der Waals surface area contributed by atoms with Gasteiger partial charge in [-0.1, -0.05) is 0 Å². The van der Waals surface area contributed by atoms with E-state index >= 15 is 0 Å². The molecule has 0 aliphatic carbocycles. The van der Waals surface area contributed by atoms with E-state index in [0.717, 1.165) is 12.1 Å². The monoisotopic (exact) mass is 508 g/mol. The van der Waals surface area contributed by atoms with Gasteiger partial charge in [0.2, 0.25) is 17.8 Å². The lowest BCUT2D eigenvalue weighted by Gasteiger charge is -2.39. The van der Waals surface area contributed by atoms with Crippen molar-refractivity contribution in [2.75, 3.05) is 20.8 Å². The first-order valence-electron chi connectivity index (χ1n) is 10.6. The second-order valence-electron chi connectivity index (χ2n) is 7.97. The summed E-state index contributed by atoms with van der Waals surface area (Å²) in [6.07, 6.45) is -8.14. The van der Waals surface area contributed by atoms with Crippen LogP contribution >= 0.6 is 0 Å². The number of rotatable bonds is 6. The molecule has 7 N–H and O–H groups in total. The Labute approximate surface area is 202 Å². The highest BCUT2D eigenvalue weighted by Crippen LogP contribution is 2.44. The van der Waals surface area contributed by atoms with Crippen LogP contribution in [0.4, 0.5) is 0 Å². The molecule has 1 aliphatic rings. The van der Waals surface area contributed by atoms with E-state index in [1.54, 1.807) is 0 Å². The molecule has 0 radical (unpaired) electrons. The average Bonchev–Trinajstić information content (AvgIpc) is 2.86. The summed E-state index contributed by atoms with van der Waals surface area (Å²) in [6.45, 7) is -0.711. The van der Waals surface area contributed by atoms with Gasteiger partial charge in [0.1, 0.15) is 41.3 Å². The van der Waals surface area contributed by atoms with Crippen molar-refractivity contribution < 1.29 is 59.1 Å². The minimum Gasteiger partial charge on any atom is -0.507 e. The number of aliphatic hydroxyl groups is 4. The number of aromatic hydroxyl groups is 3. The second kappa shape index (κ2) is 9.72. The summed E-state index contributed by atoms with van der Waals surface area (Å²) < 4.78 is 26.6. The number of phenolic OH excluding ortho intramolecular Hbond substituents is 3. The Balaban J connectivity index is 1.81. The number of methoxy groups -OCH3 is 2. The van der Waals surface area contributed by atoms with Crippen LogP contribution in [-0.4, -0.2) is 87.3 Å². The summed E-state index contributed by atoms with van der Waals surface area (Å²) in [6, 6.07) is 4.63. The zero-order chi connectivity index (χ0) is 26.3. The molecule has 2 heterocycles. The van der Waals surface area contributed by atoms with Crippen molar-refractivity contribution in [2.45, 2.75) is 30.7 Å². The normalized spacial score (nSPS) is 24.0. The van der Waals surface area contributed by atoms with Crippen molar-refractivity contribution >= 4 is 11.0 Å². The van der Waals surface area contributed by atoms with Crippen LogP contribution in [0, 0.1) is 0 Å². The van der Waals surface area contributed by atoms with E-state index in [-0.39, 0.29) is 34.0 Å². The molecule has 5 unspecified atom stereocenters. The van der Waals surface area contributed by atoms with Crippen LogP contribution in [-0.2, 0) is 4.74 Å². The SMILES string of the molecule is COc1cc(-c2cc(=O)c3c(O)cc(OC4OC(CO)C(O)C(O)C4O)c(O)c3o2)cc(OC)c1O. The lowest BCUT2D eigenvalue weighted by molar-refractivity contribution is -0.277. The van der Waals surface area contributed by atoms with E-state index in [1.165, 1.54) is 26.4 Å². The van der Waals surface area contributed by atoms with Gasteiger partial charge in [-0.2, -0.15) is 0 Å². The van der Waals surface area contributed by atoms with Crippen molar-refractivity contribution in [2.24, 2.45) is 0 Å². The Morgan fingerprint density at radius 1 is 0.861 bits per heavy atom. The van der Waals surface area contributed by atoms with Gasteiger partial charge in [0, 0.05) is 17.7 Å². The van der Waals surface area contributed by atoms with Crippen LogP contribution in [0.5, 0.6) is 34.5 Å². The molecule has 1 aromatic heterocycles. The molecule has 13 heteroatoms. The van der Waals surface area contributed by atoms with Gasteiger partial charge in [-0.05, 0) is 12.1 Å². The Kier molecular flexibility index (Phi) is 6.84. The van der Waals surface area contributed by atoms with Crippen molar-refractivity contribution in [1.82, 2.24) is 0 Å². The van der Waals surface area contributed by atoms with Crippen molar-refractivity contribution in [3.05, 3.63) is 34.5 Å². The molecule has 194 valence electrons. The highest BCUT2D eigenvalue weighted by molar-refractivity contribution is 5.91. The summed E-state index contributed by atoms with van der Waals surface area (Å²) in [5, 5.41) is 70.5. The van der Waals surface area contributed by atoms with Crippen molar-refractivity contribution in [3.8, 4) is 45.8 Å². The number of aliphatic hydroxyl groups excluding tert-OH is 4. The van der Waals surface area contributed by atoms with Gasteiger partial charge >= 0.3 is 0 Å². The second-order valence-corrected chi connectivity index (χ2v) is 7.97. The maximum atomic E-state index is 12.8. The number of fused-ring (bicyclic) bond motifs is 1. The average molecular weight is 508 g/mol. The highest BCUT2D eigenvalue weighted by atomic mass is 16.7. The summed E-state index contributed by atoms with van der Waals surface area (Å²) in [5.41, 5.74) is -0.993. The minimum absolute atomic E-state index is 0.0128. The molecule has 0 spiro atoms. The molecule has 5 atom stereocenters. The van der Waals surface area contributed by atoms with Crippen LogP contribution in [0.3, 0.4) is 0 Å². The third-order valence-electron chi connectivity index (χ3n) is 5.78. The molecule has 13 nitrogen and oxygen atoms in total. The maximum absolute atomic E-state index is 12.8. The van der Waals surface area contributed by atoms with Crippen molar-refractivity contribution in [1.29, 1.82) is 0 Å². The Morgan fingerprint density at radius 2 is 1.50 bits per heavy atom. The third-order valence-corrected chi connectivity index (χ3v) is 5.78. The fourth-order valence-corrected chi connectivity index (χ4v) is 3.84. The number of hydrogen-bond acceptors (Lipinski definition) is 13. The molecular formula is C23H24O13. The van der Waals surface area contributed by atoms with Gasteiger partial charge in [-0.25, -0.2) is 0 Å². The lowest BCUT2D eigenvalue weighted by Crippen LogP contribution is -2.60. The number of ether oxygens (including phenoxy) is 4. The highest BCUT2D eigenvalue weighted by Gasteiger charge is 2.45. The fraction of sp³-hybridized carbons (Fsp3) is 0.348. The molecule has 2 aromatic carbocycles. The molecular weight excluding hydrogens is 484 g/mol. The zero-order valence-electron chi connectivity index (χ0n) is 19.0. The first-order chi connectivity index (χ1) is 17.1. The van der Waals surface area contributed by atoms with E-state index in [1.807, 2.05) is 0 Å². The Hall–Kier alpha value is -3.75. The zero-order valence-corrected chi connectivity index (χ0v) is 19.0. The van der Waals surface area contributed by atoms with E-state index in [2.05, 4.69) is 0 Å². The molecule has 36 heavy (non-hydrogen) atoms. The van der Waals surface area contributed by atoms with Crippen LogP contribution in [0.25, 0.3) is 22.3 Å². The number of hydrogen-bond donors (Lipinski definition) is 7. The molecule has 4 rings (SSSR count). The van der Waals surface area contributed by atoms with Crippen LogP contribution in [0.15, 0.2) is 33.5 Å². The van der Waals surface area contributed by atoms with Gasteiger partial charge in [0.05, 0.1) is 20.8 Å². The molecule has 0 amide bonds. The first-order valence-corrected chi connectivity index (χ1v) is 10.6. The van der Waals surface area contributed by atoms with Gasteiger partial charge in [-0.3, -0.25) is 4.79 Å². The Bertz CT molecular complexity index is 1310. The van der Waals surface area contributed by atoms with Crippen LogP contribution in [0.2, 0.25) is 0 Å². The van der Waals surface area contributed by atoms with Crippen LogP contribution < -0.4 is 19.6 Å². The van der Waals surface area contributed by atoms with E-state index in [4.69, 9.17) is 23.4 Å². The molecule has 1 saturated heterocycles. The van der Waals surface area contributed by atoms with E-state index in [0.29, 0.717) is 0 Å². The fourth-order valence-electron chi connectivity index (χ4n) is 3.84. The van der Waals surface area contributed by atoms with E-state index in [9.17, 15) is 40.5 Å². The van der Waals surface area contributed by atoms with Crippen LogP contribution in [0.1, 0.15) is 0 Å². The van der Waals surface area contributed by atoms with Gasteiger partial charge < -0.3 is 59.1 Å². The molecule has 1 aliphatic heterocycles. The van der Waals surface area contributed by atoms with Gasteiger partial charge in [0.15, 0.2) is 28.3 Å². The largest absolute Gasteiger partial charge is 0.507 e. The topological polar surface area (TPSA) is 209 Å². The quantitative estimate of drug-likeness (QED) is 0.215. The number of benzene rings is 2. The lowest BCUT2D eigenvalue weighted by atomic mass is 9.99. The summed E-state index contributed by atoms with van der Waals surface area (Å²) in [4.78, 5) is 12.8. The maximum Gasteiger partial charge on any atom is 0.229 e. The number of phenols is 3. The molecule has 1 fully saturated rings. The molecule has 3 aromatic rings. The smallest absolute Gasteiger partial charge is 0.229 e. The molecule has 0 saturated carbocycles. The molecule has 0 bridgehead atoms. The summed E-state index contributed by atoms with van der Waals surface area (Å²) >= 11 is 0. The summed E-state index contributed by atoms with van der Waals surface area (Å²) in [7, 11) is 2.61. The standard InChI is InChI=1S/C23H24O13/c1-32-12-3-8(4-13(33-2)17(12)27)11-5-9(25)16-10(26)6-14(19(29)22(16)34-11)35-23-21(31)20(30)18(28)15(7-24)36-23/h3-6,15,18,20-21,23-24,26-31H,7H2,1-2H3. The van der Waals surface area contributed by atoms with Gasteiger partial charge in [-0.15, -0.1) is 0 Å². The minimum atomic E-state index is -1.80. The summed E-state index contributed by atoms with van der Waals surface area (Å²) in [5.74, 6) is -2.24. The van der Waals surface area contributed by atoms with Gasteiger partial charge in [0.25, 0.3) is 0 Å². The third kappa shape index (κ3) is 4.23. The first kappa shape index (κ1) is 25.3. The Morgan fingerprint density at radius 3 is 2.08 bits per heavy atom.